The van der Waals surface area contributed by atoms with Crippen molar-refractivity contribution >= 4 is 11.3 Å². The molecule has 0 saturated carbocycles. The molecule has 3 rings (SSSR count). The van der Waals surface area contributed by atoms with Gasteiger partial charge < -0.3 is 19.6 Å². The second-order valence-corrected chi connectivity index (χ2v) is 5.60. The van der Waals surface area contributed by atoms with Gasteiger partial charge in [0.05, 0.1) is 12.3 Å². The van der Waals surface area contributed by atoms with Crippen molar-refractivity contribution in [3.8, 4) is 11.4 Å². The van der Waals surface area contributed by atoms with E-state index in [4.69, 9.17) is 4.74 Å². The molecule has 0 unspecified atom stereocenters. The number of ether oxygens (including phenoxy) is 1. The molecule has 2 aromatic rings. The third kappa shape index (κ3) is 2.20. The largest absolute Gasteiger partial charge is 0.758 e. The quantitative estimate of drug-likeness (QED) is 0.852. The Bertz CT molecular complexity index is 727. The van der Waals surface area contributed by atoms with Crippen LogP contribution in [0.2, 0.25) is 0 Å². The molecule has 0 radical (unpaired) electrons. The summed E-state index contributed by atoms with van der Waals surface area (Å²) in [7, 11) is 0. The van der Waals surface area contributed by atoms with E-state index in [2.05, 4.69) is 18.4 Å². The van der Waals surface area contributed by atoms with Gasteiger partial charge in [-0.1, -0.05) is 6.08 Å². The van der Waals surface area contributed by atoms with Crippen LogP contribution in [0.25, 0.3) is 11.3 Å². The number of fused-ring (bicyclic) bond motifs is 1. The zero-order chi connectivity index (χ0) is 15.9. The van der Waals surface area contributed by atoms with Crippen LogP contribution in [0.5, 0.6) is 5.75 Å². The van der Waals surface area contributed by atoms with Crippen molar-refractivity contribution in [1.82, 2.24) is 4.57 Å². The molecule has 0 bridgehead atoms. The molecule has 4 heteroatoms. The number of hydroxylamine groups is 1. The monoisotopic (exact) mass is 297 g/mol. The molecule has 0 spiro atoms. The van der Waals surface area contributed by atoms with Crippen molar-refractivity contribution < 1.29 is 4.74 Å². The van der Waals surface area contributed by atoms with Gasteiger partial charge in [0.15, 0.2) is 0 Å². The van der Waals surface area contributed by atoms with E-state index < -0.39 is 0 Å². The van der Waals surface area contributed by atoms with Gasteiger partial charge in [-0.2, -0.15) is 0 Å². The molecule has 1 aliphatic heterocycles. The molecule has 1 aromatic carbocycles. The Balaban J connectivity index is 2.12. The van der Waals surface area contributed by atoms with Gasteiger partial charge in [-0.05, 0) is 57.5 Å². The summed E-state index contributed by atoms with van der Waals surface area (Å²) in [4.78, 5) is 0. The normalized spacial score (nSPS) is 13.9. The number of aromatic nitrogens is 1. The van der Waals surface area contributed by atoms with Gasteiger partial charge in [0, 0.05) is 29.2 Å². The van der Waals surface area contributed by atoms with Crippen LogP contribution in [0.1, 0.15) is 30.8 Å². The van der Waals surface area contributed by atoms with Crippen LogP contribution in [0.4, 0.5) is 5.69 Å². The highest BCUT2D eigenvalue weighted by Crippen LogP contribution is 2.39. The minimum absolute atomic E-state index is 0.423. The molecule has 0 amide bonds. The van der Waals surface area contributed by atoms with Gasteiger partial charge in [-0.15, -0.1) is 0 Å². The van der Waals surface area contributed by atoms with E-state index in [1.54, 1.807) is 0 Å². The molecule has 1 aromatic heterocycles. The molecule has 0 atom stereocenters. The zero-order valence-electron chi connectivity index (χ0n) is 13.5. The van der Waals surface area contributed by atoms with Crippen molar-refractivity contribution in [2.45, 2.75) is 27.7 Å². The molecular weight excluding hydrogens is 276 g/mol. The molecule has 116 valence electrons. The predicted octanol–water partition coefficient (Wildman–Crippen LogP) is 4.21. The Morgan fingerprint density at radius 3 is 2.36 bits per heavy atom. The first kappa shape index (κ1) is 14.7. The Morgan fingerprint density at radius 1 is 1.09 bits per heavy atom. The number of benzene rings is 1. The third-order valence-corrected chi connectivity index (χ3v) is 4.23. The maximum Gasteiger partial charge on any atom is 0.119 e. The summed E-state index contributed by atoms with van der Waals surface area (Å²) in [6, 6.07) is 8.00. The van der Waals surface area contributed by atoms with Gasteiger partial charge in [0.2, 0.25) is 0 Å². The Kier molecular flexibility index (Phi) is 3.71. The highest BCUT2D eigenvalue weighted by Gasteiger charge is 2.22. The standard InChI is InChI=1S/C18H21N2O2/c1-5-22-16-8-6-15(7-9-16)20-13(3)17-12(2)10-11-19(21)18(17)14(20)4/h6-10H,5,11H2,1-4H3/q-1. The summed E-state index contributed by atoms with van der Waals surface area (Å²) >= 11 is 0. The van der Waals surface area contributed by atoms with Crippen molar-refractivity contribution in [1.29, 1.82) is 0 Å². The van der Waals surface area contributed by atoms with Crippen LogP contribution in [-0.2, 0) is 0 Å². The van der Waals surface area contributed by atoms with E-state index in [0.717, 1.165) is 39.1 Å². The summed E-state index contributed by atoms with van der Waals surface area (Å²) in [6.07, 6.45) is 1.99. The van der Waals surface area contributed by atoms with E-state index in [1.165, 1.54) is 5.57 Å². The molecule has 0 saturated heterocycles. The van der Waals surface area contributed by atoms with Crippen molar-refractivity contribution in [3.05, 3.63) is 52.5 Å². The van der Waals surface area contributed by atoms with E-state index in [1.807, 2.05) is 44.2 Å². The minimum atomic E-state index is 0.423. The van der Waals surface area contributed by atoms with E-state index in [-0.39, 0.29) is 0 Å². The maximum atomic E-state index is 12.2. The van der Waals surface area contributed by atoms with Crippen LogP contribution >= 0.6 is 0 Å². The van der Waals surface area contributed by atoms with Gasteiger partial charge >= 0.3 is 0 Å². The summed E-state index contributed by atoms with van der Waals surface area (Å²) in [6.45, 7) is 9.20. The third-order valence-electron chi connectivity index (χ3n) is 4.23. The fourth-order valence-corrected chi connectivity index (χ4v) is 3.26. The molecule has 1 aliphatic rings. The van der Waals surface area contributed by atoms with E-state index in [9.17, 15) is 5.21 Å². The molecular formula is C18H21N2O2-. The van der Waals surface area contributed by atoms with Crippen LogP contribution in [0, 0.1) is 19.1 Å². The van der Waals surface area contributed by atoms with Crippen molar-refractivity contribution in [2.24, 2.45) is 0 Å². The van der Waals surface area contributed by atoms with Crippen molar-refractivity contribution in [2.75, 3.05) is 18.2 Å². The van der Waals surface area contributed by atoms with E-state index >= 15 is 0 Å². The van der Waals surface area contributed by atoms with Crippen LogP contribution in [0.15, 0.2) is 30.3 Å². The summed E-state index contributed by atoms with van der Waals surface area (Å²) in [5.41, 5.74) is 6.17. The lowest BCUT2D eigenvalue weighted by atomic mass is 10.0. The number of hydrogen-bond donors (Lipinski definition) is 0. The van der Waals surface area contributed by atoms with Crippen molar-refractivity contribution in [3.63, 3.8) is 0 Å². The Hall–Kier alpha value is -2.20. The molecule has 0 fully saturated rings. The van der Waals surface area contributed by atoms with E-state index in [0.29, 0.717) is 13.2 Å². The van der Waals surface area contributed by atoms with Gasteiger partial charge in [0.25, 0.3) is 0 Å². The SMILES string of the molecule is CCOc1ccc(-n2c(C)c3c(c2C)N([O-])CC=C3C)cc1. The van der Waals surface area contributed by atoms with Crippen LogP contribution < -0.4 is 9.80 Å². The molecule has 2 heterocycles. The first-order valence-corrected chi connectivity index (χ1v) is 7.61. The first-order valence-electron chi connectivity index (χ1n) is 7.61. The highest BCUT2D eigenvalue weighted by atomic mass is 16.5. The second-order valence-electron chi connectivity index (χ2n) is 5.60. The fourth-order valence-electron chi connectivity index (χ4n) is 3.26. The zero-order valence-corrected chi connectivity index (χ0v) is 13.5. The summed E-state index contributed by atoms with van der Waals surface area (Å²) < 4.78 is 7.64. The fraction of sp³-hybridized carbons (Fsp3) is 0.333. The number of nitrogens with zero attached hydrogens (tertiary/aromatic N) is 2. The average Bonchev–Trinajstić information content (AvgIpc) is 2.77. The van der Waals surface area contributed by atoms with Gasteiger partial charge in [-0.25, -0.2) is 0 Å². The predicted molar refractivity (Wildman–Crippen MR) is 90.8 cm³/mol. The van der Waals surface area contributed by atoms with Gasteiger partial charge in [0.1, 0.15) is 5.75 Å². The number of hydrogen-bond acceptors (Lipinski definition) is 3. The lowest BCUT2D eigenvalue weighted by Gasteiger charge is -2.34. The number of anilines is 1. The molecule has 22 heavy (non-hydrogen) atoms. The number of rotatable bonds is 3. The molecule has 4 nitrogen and oxygen atoms in total. The molecule has 0 aliphatic carbocycles. The highest BCUT2D eigenvalue weighted by molar-refractivity contribution is 5.84. The lowest BCUT2D eigenvalue weighted by Crippen LogP contribution is -2.19. The van der Waals surface area contributed by atoms with Gasteiger partial charge in [-0.3, -0.25) is 0 Å². The summed E-state index contributed by atoms with van der Waals surface area (Å²) in [5, 5.41) is 13.3. The minimum Gasteiger partial charge on any atom is -0.758 e. The molecule has 0 N–H and O–H groups in total. The van der Waals surface area contributed by atoms with Crippen LogP contribution in [-0.4, -0.2) is 17.7 Å². The first-order chi connectivity index (χ1) is 10.5. The maximum absolute atomic E-state index is 12.2. The topological polar surface area (TPSA) is 40.5 Å². The summed E-state index contributed by atoms with van der Waals surface area (Å²) in [5.74, 6) is 0.861. The Morgan fingerprint density at radius 2 is 1.77 bits per heavy atom. The second kappa shape index (κ2) is 5.54. The Labute approximate surface area is 131 Å². The number of allylic oxidation sites excluding steroid dienone is 1. The lowest BCUT2D eigenvalue weighted by molar-refractivity contribution is 0.340. The van der Waals surface area contributed by atoms with Crippen LogP contribution in [0.3, 0.4) is 0 Å². The smallest absolute Gasteiger partial charge is 0.119 e. The average molecular weight is 297 g/mol.